The number of hydrogen-bond acceptors (Lipinski definition) is 3. The summed E-state index contributed by atoms with van der Waals surface area (Å²) in [6.45, 7) is 2.31. The number of benzene rings is 1. The predicted molar refractivity (Wildman–Crippen MR) is 77.3 cm³/mol. The van der Waals surface area contributed by atoms with Gasteiger partial charge in [0.05, 0.1) is 5.69 Å². The molecule has 0 atom stereocenters. The van der Waals surface area contributed by atoms with Gasteiger partial charge in [-0.05, 0) is 50.3 Å². The fraction of sp³-hybridized carbons (Fsp3) is 0.429. The molecule has 0 bridgehead atoms. The van der Waals surface area contributed by atoms with E-state index in [0.29, 0.717) is 12.2 Å². The smallest absolute Gasteiger partial charge is 0.242 e. The zero-order valence-corrected chi connectivity index (χ0v) is 12.0. The van der Waals surface area contributed by atoms with Gasteiger partial charge in [-0.3, -0.25) is 0 Å². The molecule has 2 rings (SSSR count). The van der Waals surface area contributed by atoms with Crippen LogP contribution in [0.4, 0.5) is 5.69 Å². The lowest BCUT2D eigenvalue weighted by molar-refractivity contribution is 0.581. The molecule has 0 radical (unpaired) electrons. The van der Waals surface area contributed by atoms with Gasteiger partial charge >= 0.3 is 0 Å². The van der Waals surface area contributed by atoms with E-state index < -0.39 is 10.0 Å². The van der Waals surface area contributed by atoms with Gasteiger partial charge in [0.15, 0.2) is 0 Å². The fourth-order valence-electron chi connectivity index (χ4n) is 2.30. The third kappa shape index (κ3) is 3.58. The standard InChI is InChI=1S/C14H20N2O2S/c1-11-6-7-14(13(15)10-11)19(17,18)16-9-8-12-4-2-3-5-12/h4,6-7,10,16H,2-3,5,8-9,15H2,1H3. The molecule has 0 aliphatic heterocycles. The quantitative estimate of drug-likeness (QED) is 0.642. The first-order chi connectivity index (χ1) is 8.99. The van der Waals surface area contributed by atoms with Crippen molar-refractivity contribution in [1.29, 1.82) is 0 Å². The van der Waals surface area contributed by atoms with Crippen LogP contribution in [0.15, 0.2) is 34.7 Å². The van der Waals surface area contributed by atoms with Gasteiger partial charge in [0, 0.05) is 6.54 Å². The van der Waals surface area contributed by atoms with Crippen LogP contribution in [-0.2, 0) is 10.0 Å². The lowest BCUT2D eigenvalue weighted by Crippen LogP contribution is -2.25. The van der Waals surface area contributed by atoms with Gasteiger partial charge in [-0.15, -0.1) is 0 Å². The summed E-state index contributed by atoms with van der Waals surface area (Å²) in [5.41, 5.74) is 8.37. The van der Waals surface area contributed by atoms with Crippen molar-refractivity contribution in [3.05, 3.63) is 35.4 Å². The number of aryl methyl sites for hydroxylation is 1. The second-order valence-corrected chi connectivity index (χ2v) is 6.68. The average molecular weight is 280 g/mol. The maximum Gasteiger partial charge on any atom is 0.242 e. The van der Waals surface area contributed by atoms with Crippen LogP contribution in [0.25, 0.3) is 0 Å². The van der Waals surface area contributed by atoms with Crippen LogP contribution >= 0.6 is 0 Å². The van der Waals surface area contributed by atoms with Gasteiger partial charge in [0.1, 0.15) is 4.90 Å². The number of nitrogen functional groups attached to an aromatic ring is 1. The molecule has 4 nitrogen and oxygen atoms in total. The van der Waals surface area contributed by atoms with Crippen molar-refractivity contribution in [2.45, 2.75) is 37.5 Å². The number of hydrogen-bond donors (Lipinski definition) is 2. The maximum atomic E-state index is 12.1. The topological polar surface area (TPSA) is 72.2 Å². The molecule has 0 saturated heterocycles. The van der Waals surface area contributed by atoms with Crippen LogP contribution in [0.1, 0.15) is 31.2 Å². The van der Waals surface area contributed by atoms with Gasteiger partial charge in [-0.1, -0.05) is 17.7 Å². The Hall–Kier alpha value is -1.33. The molecule has 3 N–H and O–H groups in total. The SMILES string of the molecule is Cc1ccc(S(=O)(=O)NCCC2=CCCC2)c(N)c1. The normalized spacial score (nSPS) is 15.5. The highest BCUT2D eigenvalue weighted by molar-refractivity contribution is 7.89. The lowest BCUT2D eigenvalue weighted by atomic mass is 10.2. The summed E-state index contributed by atoms with van der Waals surface area (Å²) >= 11 is 0. The minimum atomic E-state index is -3.50. The van der Waals surface area contributed by atoms with Crippen molar-refractivity contribution in [2.75, 3.05) is 12.3 Å². The molecule has 19 heavy (non-hydrogen) atoms. The molecule has 0 fully saturated rings. The largest absolute Gasteiger partial charge is 0.398 e. The Morgan fingerprint density at radius 1 is 1.37 bits per heavy atom. The minimum absolute atomic E-state index is 0.165. The molecule has 0 heterocycles. The third-order valence-corrected chi connectivity index (χ3v) is 4.86. The van der Waals surface area contributed by atoms with E-state index in [4.69, 9.17) is 5.73 Å². The van der Waals surface area contributed by atoms with Crippen LogP contribution < -0.4 is 10.5 Å². The molecule has 0 spiro atoms. The zero-order chi connectivity index (χ0) is 13.9. The Bertz CT molecular complexity index is 591. The van der Waals surface area contributed by atoms with Crippen LogP contribution in [-0.4, -0.2) is 15.0 Å². The van der Waals surface area contributed by atoms with Crippen LogP contribution in [0, 0.1) is 6.92 Å². The molecule has 104 valence electrons. The van der Waals surface area contributed by atoms with Crippen LogP contribution in [0.2, 0.25) is 0 Å². The van der Waals surface area contributed by atoms with Gasteiger partial charge in [-0.25, -0.2) is 13.1 Å². The molecule has 1 aromatic carbocycles. The molecule has 1 aromatic rings. The molecule has 0 unspecified atom stereocenters. The summed E-state index contributed by atoms with van der Waals surface area (Å²) in [6, 6.07) is 4.99. The first-order valence-electron chi connectivity index (χ1n) is 6.53. The van der Waals surface area contributed by atoms with Crippen LogP contribution in [0.3, 0.4) is 0 Å². The average Bonchev–Trinajstić information content (AvgIpc) is 2.81. The van der Waals surface area contributed by atoms with E-state index in [0.717, 1.165) is 24.8 Å². The molecule has 0 amide bonds. The fourth-order valence-corrected chi connectivity index (χ4v) is 3.44. The van der Waals surface area contributed by atoms with Crippen molar-refractivity contribution in [3.8, 4) is 0 Å². The van der Waals surface area contributed by atoms with E-state index in [2.05, 4.69) is 10.8 Å². The molecule has 1 aliphatic rings. The van der Waals surface area contributed by atoms with Gasteiger partial charge in [0.2, 0.25) is 10.0 Å². The summed E-state index contributed by atoms with van der Waals surface area (Å²) in [6.07, 6.45) is 6.38. The zero-order valence-electron chi connectivity index (χ0n) is 11.1. The predicted octanol–water partition coefficient (Wildman–Crippen LogP) is 2.36. The molecular formula is C14H20N2O2S. The molecule has 0 saturated carbocycles. The third-order valence-electron chi connectivity index (χ3n) is 3.33. The summed E-state index contributed by atoms with van der Waals surface area (Å²) < 4.78 is 26.9. The molecule has 5 heteroatoms. The van der Waals surface area contributed by atoms with E-state index in [1.165, 1.54) is 12.0 Å². The Morgan fingerprint density at radius 3 is 2.79 bits per heavy atom. The second kappa shape index (κ2) is 5.75. The summed E-state index contributed by atoms with van der Waals surface area (Å²) in [5.74, 6) is 0. The highest BCUT2D eigenvalue weighted by atomic mass is 32.2. The van der Waals surface area contributed by atoms with E-state index in [9.17, 15) is 8.42 Å². The van der Waals surface area contributed by atoms with Crippen molar-refractivity contribution in [3.63, 3.8) is 0 Å². The number of nitrogens with two attached hydrogens (primary N) is 1. The first-order valence-corrected chi connectivity index (χ1v) is 8.01. The van der Waals surface area contributed by atoms with Gasteiger partial charge in [-0.2, -0.15) is 0 Å². The summed E-state index contributed by atoms with van der Waals surface area (Å²) in [4.78, 5) is 0.165. The number of rotatable bonds is 5. The minimum Gasteiger partial charge on any atom is -0.398 e. The first kappa shape index (κ1) is 14.1. The number of allylic oxidation sites excluding steroid dienone is 1. The van der Waals surface area contributed by atoms with Crippen LogP contribution in [0.5, 0.6) is 0 Å². The van der Waals surface area contributed by atoms with Gasteiger partial charge < -0.3 is 5.73 Å². The van der Waals surface area contributed by atoms with E-state index in [1.54, 1.807) is 18.2 Å². The highest BCUT2D eigenvalue weighted by Crippen LogP contribution is 2.21. The van der Waals surface area contributed by atoms with E-state index >= 15 is 0 Å². The molecule has 0 aromatic heterocycles. The Kier molecular flexibility index (Phi) is 4.27. The van der Waals surface area contributed by atoms with Crippen molar-refractivity contribution >= 4 is 15.7 Å². The van der Waals surface area contributed by atoms with Crippen molar-refractivity contribution < 1.29 is 8.42 Å². The lowest BCUT2D eigenvalue weighted by Gasteiger charge is -2.10. The Balaban J connectivity index is 2.01. The number of anilines is 1. The Labute approximate surface area is 114 Å². The van der Waals surface area contributed by atoms with Crippen molar-refractivity contribution in [2.24, 2.45) is 0 Å². The number of nitrogens with one attached hydrogen (secondary N) is 1. The van der Waals surface area contributed by atoms with Crippen molar-refractivity contribution in [1.82, 2.24) is 4.72 Å². The summed E-state index contributed by atoms with van der Waals surface area (Å²) in [5, 5.41) is 0. The molecular weight excluding hydrogens is 260 g/mol. The maximum absolute atomic E-state index is 12.1. The number of sulfonamides is 1. The molecule has 1 aliphatic carbocycles. The van der Waals surface area contributed by atoms with E-state index in [-0.39, 0.29) is 4.90 Å². The van der Waals surface area contributed by atoms with Gasteiger partial charge in [0.25, 0.3) is 0 Å². The second-order valence-electron chi connectivity index (χ2n) is 4.94. The summed E-state index contributed by atoms with van der Waals surface area (Å²) in [7, 11) is -3.50. The Morgan fingerprint density at radius 2 is 2.16 bits per heavy atom. The highest BCUT2D eigenvalue weighted by Gasteiger charge is 2.17. The van der Waals surface area contributed by atoms with E-state index in [1.807, 2.05) is 6.92 Å². The monoisotopic (exact) mass is 280 g/mol.